The van der Waals surface area contributed by atoms with Gasteiger partial charge in [-0.25, -0.2) is 0 Å². The zero-order valence-electron chi connectivity index (χ0n) is 20.3. The van der Waals surface area contributed by atoms with Gasteiger partial charge >= 0.3 is 0 Å². The Hall–Kier alpha value is -3.72. The number of amides is 1. The molecular weight excluding hydrogens is 450 g/mol. The fourth-order valence-corrected chi connectivity index (χ4v) is 4.13. The van der Waals surface area contributed by atoms with Gasteiger partial charge in [0.05, 0.1) is 23.1 Å². The number of ether oxygens (including phenoxy) is 1. The van der Waals surface area contributed by atoms with E-state index in [1.165, 1.54) is 29.2 Å². The number of likely N-dealkylation sites (tertiary alicyclic amines) is 1. The SMILES string of the molecule is CCCOc1cccc(/C(O)=C2\C(=O)C(=O)N(CCN(CC)CC)C2c2ccc([N+](=O)[O-])cc2)c1. The summed E-state index contributed by atoms with van der Waals surface area (Å²) in [4.78, 5) is 40.4. The quantitative estimate of drug-likeness (QED) is 0.169. The highest BCUT2D eigenvalue weighted by Gasteiger charge is 2.46. The smallest absolute Gasteiger partial charge is 0.295 e. The number of carbonyl (C=O) groups excluding carboxylic acids is 2. The molecular formula is C26H31N3O6. The molecule has 0 bridgehead atoms. The molecule has 0 aromatic heterocycles. The second kappa shape index (κ2) is 11.6. The molecule has 1 N–H and O–H groups in total. The van der Waals surface area contributed by atoms with Gasteiger partial charge in [0.15, 0.2) is 0 Å². The van der Waals surface area contributed by atoms with Crippen LogP contribution in [0.15, 0.2) is 54.1 Å². The maximum atomic E-state index is 13.2. The van der Waals surface area contributed by atoms with E-state index >= 15 is 0 Å². The fourth-order valence-electron chi connectivity index (χ4n) is 4.13. The molecule has 1 heterocycles. The number of hydrogen-bond acceptors (Lipinski definition) is 7. The van der Waals surface area contributed by atoms with Gasteiger partial charge in [-0.2, -0.15) is 0 Å². The Kier molecular flexibility index (Phi) is 8.59. The lowest BCUT2D eigenvalue weighted by Crippen LogP contribution is -2.38. The van der Waals surface area contributed by atoms with Gasteiger partial charge in [-0.05, 0) is 49.3 Å². The number of Topliss-reactive ketones (excluding diaryl/α,β-unsaturated/α-hetero) is 1. The first-order valence-electron chi connectivity index (χ1n) is 11.8. The molecule has 2 aromatic rings. The van der Waals surface area contributed by atoms with Crippen molar-refractivity contribution in [2.24, 2.45) is 0 Å². The van der Waals surface area contributed by atoms with Gasteiger partial charge in [0.25, 0.3) is 17.4 Å². The lowest BCUT2D eigenvalue weighted by atomic mass is 9.95. The van der Waals surface area contributed by atoms with E-state index in [0.717, 1.165) is 19.5 Å². The number of benzene rings is 2. The highest BCUT2D eigenvalue weighted by Crippen LogP contribution is 2.40. The van der Waals surface area contributed by atoms with Crippen molar-refractivity contribution >= 4 is 23.1 Å². The summed E-state index contributed by atoms with van der Waals surface area (Å²) in [6.07, 6.45) is 0.813. The van der Waals surface area contributed by atoms with Crippen molar-refractivity contribution in [2.75, 3.05) is 32.8 Å². The molecule has 1 fully saturated rings. The lowest BCUT2D eigenvalue weighted by molar-refractivity contribution is -0.384. The van der Waals surface area contributed by atoms with Crippen LogP contribution in [0.3, 0.4) is 0 Å². The van der Waals surface area contributed by atoms with Gasteiger partial charge in [0, 0.05) is 30.8 Å². The highest BCUT2D eigenvalue weighted by atomic mass is 16.6. The molecule has 1 amide bonds. The average Bonchev–Trinajstić information content (AvgIpc) is 3.12. The summed E-state index contributed by atoms with van der Waals surface area (Å²) in [5.74, 6) is -1.26. The van der Waals surface area contributed by atoms with Crippen LogP contribution in [-0.4, -0.2) is 64.3 Å². The monoisotopic (exact) mass is 481 g/mol. The molecule has 1 atom stereocenters. The minimum atomic E-state index is -0.869. The molecule has 0 aliphatic carbocycles. The van der Waals surface area contributed by atoms with Crippen molar-refractivity contribution < 1.29 is 24.4 Å². The number of aliphatic hydroxyl groups is 1. The summed E-state index contributed by atoms with van der Waals surface area (Å²) >= 11 is 0. The lowest BCUT2D eigenvalue weighted by Gasteiger charge is -2.28. The van der Waals surface area contributed by atoms with Crippen LogP contribution in [0.4, 0.5) is 5.69 Å². The summed E-state index contributed by atoms with van der Waals surface area (Å²) in [6.45, 7) is 8.89. The van der Waals surface area contributed by atoms with E-state index in [1.54, 1.807) is 24.3 Å². The molecule has 0 radical (unpaired) electrons. The summed E-state index contributed by atoms with van der Waals surface area (Å²) in [5.41, 5.74) is 0.715. The molecule has 186 valence electrons. The summed E-state index contributed by atoms with van der Waals surface area (Å²) in [6, 6.07) is 11.6. The first-order chi connectivity index (χ1) is 16.8. The molecule has 2 aromatic carbocycles. The van der Waals surface area contributed by atoms with Gasteiger partial charge in [-0.1, -0.05) is 32.9 Å². The van der Waals surface area contributed by atoms with E-state index in [4.69, 9.17) is 4.74 Å². The number of hydrogen-bond donors (Lipinski definition) is 1. The van der Waals surface area contributed by atoms with E-state index in [1.807, 2.05) is 20.8 Å². The van der Waals surface area contributed by atoms with Gasteiger partial charge in [-0.15, -0.1) is 0 Å². The maximum Gasteiger partial charge on any atom is 0.295 e. The van der Waals surface area contributed by atoms with E-state index < -0.39 is 22.7 Å². The van der Waals surface area contributed by atoms with Crippen LogP contribution in [0.2, 0.25) is 0 Å². The van der Waals surface area contributed by atoms with Crippen LogP contribution in [0.25, 0.3) is 5.76 Å². The van der Waals surface area contributed by atoms with Crippen LogP contribution < -0.4 is 4.74 Å². The number of nitrogens with zero attached hydrogens (tertiary/aromatic N) is 3. The average molecular weight is 482 g/mol. The van der Waals surface area contributed by atoms with Crippen LogP contribution >= 0.6 is 0 Å². The third-order valence-electron chi connectivity index (χ3n) is 6.09. The second-order valence-corrected chi connectivity index (χ2v) is 8.24. The van der Waals surface area contributed by atoms with Crippen LogP contribution in [0.1, 0.15) is 44.4 Å². The Morgan fingerprint density at radius 2 is 1.80 bits per heavy atom. The first-order valence-corrected chi connectivity index (χ1v) is 11.8. The van der Waals surface area contributed by atoms with E-state index in [2.05, 4.69) is 4.90 Å². The third kappa shape index (κ3) is 5.68. The zero-order chi connectivity index (χ0) is 25.5. The Morgan fingerprint density at radius 1 is 1.11 bits per heavy atom. The molecule has 35 heavy (non-hydrogen) atoms. The molecule has 3 rings (SSSR count). The number of nitro groups is 1. The number of rotatable bonds is 11. The molecule has 0 spiro atoms. The molecule has 1 unspecified atom stereocenters. The number of ketones is 1. The Balaban J connectivity index is 2.09. The van der Waals surface area contributed by atoms with E-state index in [0.29, 0.717) is 30.0 Å². The Labute approximate surface area is 204 Å². The van der Waals surface area contributed by atoms with Crippen molar-refractivity contribution in [3.63, 3.8) is 0 Å². The zero-order valence-corrected chi connectivity index (χ0v) is 20.3. The number of non-ortho nitro benzene ring substituents is 1. The van der Waals surface area contributed by atoms with Gasteiger partial charge < -0.3 is 19.6 Å². The number of likely N-dealkylation sites (N-methyl/N-ethyl adjacent to an activating group) is 1. The number of nitro benzene ring substituents is 1. The summed E-state index contributed by atoms with van der Waals surface area (Å²) in [7, 11) is 0. The highest BCUT2D eigenvalue weighted by molar-refractivity contribution is 6.46. The maximum absolute atomic E-state index is 13.2. The third-order valence-corrected chi connectivity index (χ3v) is 6.09. The minimum Gasteiger partial charge on any atom is -0.507 e. The standard InChI is InChI=1S/C26H31N3O6/c1-4-16-35-21-9-7-8-19(17-21)24(30)22-23(18-10-12-20(13-11-18)29(33)34)28(26(32)25(22)31)15-14-27(5-2)6-3/h7-13,17,23,30H,4-6,14-16H2,1-3H3/b24-22+. The van der Waals surface area contributed by atoms with Crippen molar-refractivity contribution in [2.45, 2.75) is 33.2 Å². The van der Waals surface area contributed by atoms with E-state index in [-0.39, 0.29) is 23.6 Å². The molecule has 1 saturated heterocycles. The van der Waals surface area contributed by atoms with Gasteiger partial charge in [0.2, 0.25) is 0 Å². The minimum absolute atomic E-state index is 0.0453. The topological polar surface area (TPSA) is 113 Å². The summed E-state index contributed by atoms with van der Waals surface area (Å²) in [5, 5.41) is 22.4. The Morgan fingerprint density at radius 3 is 2.40 bits per heavy atom. The largest absolute Gasteiger partial charge is 0.507 e. The predicted octanol–water partition coefficient (Wildman–Crippen LogP) is 4.15. The van der Waals surface area contributed by atoms with Gasteiger partial charge in [0.1, 0.15) is 11.5 Å². The number of aliphatic hydroxyl groups excluding tert-OH is 1. The fraction of sp³-hybridized carbons (Fsp3) is 0.385. The van der Waals surface area contributed by atoms with Crippen molar-refractivity contribution in [3.8, 4) is 5.75 Å². The van der Waals surface area contributed by atoms with Crippen LogP contribution in [0, 0.1) is 10.1 Å². The van der Waals surface area contributed by atoms with Crippen molar-refractivity contribution in [3.05, 3.63) is 75.3 Å². The van der Waals surface area contributed by atoms with Crippen molar-refractivity contribution in [1.29, 1.82) is 0 Å². The van der Waals surface area contributed by atoms with Crippen LogP contribution in [0.5, 0.6) is 5.75 Å². The van der Waals surface area contributed by atoms with E-state index in [9.17, 15) is 24.8 Å². The normalized spacial score (nSPS) is 17.3. The first kappa shape index (κ1) is 25.9. The Bertz CT molecular complexity index is 1110. The van der Waals surface area contributed by atoms with Gasteiger partial charge in [-0.3, -0.25) is 19.7 Å². The predicted molar refractivity (Wildman–Crippen MR) is 132 cm³/mol. The van der Waals surface area contributed by atoms with Crippen molar-refractivity contribution in [1.82, 2.24) is 9.80 Å². The molecule has 1 aliphatic heterocycles. The summed E-state index contributed by atoms with van der Waals surface area (Å²) < 4.78 is 5.65. The molecule has 9 nitrogen and oxygen atoms in total. The molecule has 0 saturated carbocycles. The second-order valence-electron chi connectivity index (χ2n) is 8.24. The molecule has 9 heteroatoms. The number of carbonyl (C=O) groups is 2. The molecule has 1 aliphatic rings. The van der Waals surface area contributed by atoms with Crippen LogP contribution in [-0.2, 0) is 9.59 Å².